The van der Waals surface area contributed by atoms with Gasteiger partial charge in [-0.1, -0.05) is 26.3 Å². The second kappa shape index (κ2) is 9.19. The van der Waals surface area contributed by atoms with Gasteiger partial charge in [-0.3, -0.25) is 4.79 Å². The Balaban J connectivity index is 1.68. The highest BCUT2D eigenvalue weighted by Gasteiger charge is 2.32. The van der Waals surface area contributed by atoms with Crippen molar-refractivity contribution in [1.82, 2.24) is 9.55 Å². The van der Waals surface area contributed by atoms with Gasteiger partial charge in [0.05, 0.1) is 11.0 Å². The lowest BCUT2D eigenvalue weighted by Crippen LogP contribution is -2.25. The van der Waals surface area contributed by atoms with Gasteiger partial charge in [0.25, 0.3) is 0 Å². The van der Waals surface area contributed by atoms with Crippen LogP contribution in [-0.2, 0) is 11.2 Å². The number of carboxylic acids is 1. The van der Waals surface area contributed by atoms with Crippen LogP contribution in [0.1, 0.15) is 57.6 Å². The number of hydrogen-bond acceptors (Lipinski definition) is 4. The highest BCUT2D eigenvalue weighted by molar-refractivity contribution is 5.81. The quantitative estimate of drug-likeness (QED) is 0.391. The number of hydrogen-bond donors (Lipinski definition) is 2. The molecule has 1 fully saturated rings. The fourth-order valence-corrected chi connectivity index (χ4v) is 4.76. The van der Waals surface area contributed by atoms with Crippen LogP contribution in [0.15, 0.2) is 42.5 Å². The fraction of sp³-hybridized carbons (Fsp3) is 0.440. The molecule has 1 atom stereocenters. The Morgan fingerprint density at radius 2 is 1.97 bits per heavy atom. The first-order chi connectivity index (χ1) is 16.0. The van der Waals surface area contributed by atoms with E-state index >= 15 is 0 Å². The lowest BCUT2D eigenvalue weighted by molar-refractivity contribution is -0.274. The number of aryl methyl sites for hydroxylation is 1. The average Bonchev–Trinajstić information content (AvgIpc) is 3.09. The summed E-state index contributed by atoms with van der Waals surface area (Å²) in [7, 11) is 0. The molecule has 0 saturated heterocycles. The number of ether oxygens (including phenoxy) is 1. The van der Waals surface area contributed by atoms with Crippen LogP contribution in [0.25, 0.3) is 11.0 Å². The summed E-state index contributed by atoms with van der Waals surface area (Å²) in [6.07, 6.45) is -0.0572. The number of aliphatic carboxylic acids is 1. The first-order valence-electron chi connectivity index (χ1n) is 11.3. The molecular weight excluding hydrogens is 447 g/mol. The number of anilines is 2. The van der Waals surface area contributed by atoms with E-state index in [1.165, 1.54) is 24.3 Å². The zero-order chi connectivity index (χ0) is 24.5. The number of halogens is 3. The zero-order valence-corrected chi connectivity index (χ0v) is 19.2. The third kappa shape index (κ3) is 5.81. The van der Waals surface area contributed by atoms with Gasteiger partial charge in [-0.2, -0.15) is 0 Å². The van der Waals surface area contributed by atoms with Crippen molar-refractivity contribution in [2.24, 2.45) is 5.41 Å². The Morgan fingerprint density at radius 1 is 1.24 bits per heavy atom. The van der Waals surface area contributed by atoms with Crippen molar-refractivity contribution in [1.29, 1.82) is 0 Å². The van der Waals surface area contributed by atoms with E-state index in [2.05, 4.69) is 28.5 Å². The van der Waals surface area contributed by atoms with Crippen molar-refractivity contribution in [3.05, 3.63) is 48.0 Å². The largest absolute Gasteiger partial charge is 0.573 e. The third-order valence-corrected chi connectivity index (χ3v) is 6.27. The molecule has 2 aromatic carbocycles. The summed E-state index contributed by atoms with van der Waals surface area (Å²) in [6.45, 7) is 4.52. The van der Waals surface area contributed by atoms with E-state index in [-0.39, 0.29) is 23.6 Å². The molecule has 1 heterocycles. The van der Waals surface area contributed by atoms with E-state index < -0.39 is 12.3 Å². The number of nitrogens with zero attached hydrogens (tertiary/aromatic N) is 2. The van der Waals surface area contributed by atoms with Crippen LogP contribution in [0.5, 0.6) is 5.75 Å². The molecule has 1 aromatic heterocycles. The van der Waals surface area contributed by atoms with E-state index in [1.807, 2.05) is 18.2 Å². The Kier molecular flexibility index (Phi) is 6.47. The molecule has 3 aromatic rings. The van der Waals surface area contributed by atoms with Crippen molar-refractivity contribution in [3.63, 3.8) is 0 Å². The van der Waals surface area contributed by atoms with Crippen molar-refractivity contribution in [2.45, 2.75) is 64.8 Å². The molecule has 34 heavy (non-hydrogen) atoms. The number of aromatic nitrogens is 2. The number of fused-ring (bicyclic) bond motifs is 1. The second-order valence-corrected chi connectivity index (χ2v) is 9.63. The molecule has 0 amide bonds. The predicted octanol–water partition coefficient (Wildman–Crippen LogP) is 6.84. The first-order valence-corrected chi connectivity index (χ1v) is 11.3. The van der Waals surface area contributed by atoms with Crippen LogP contribution >= 0.6 is 0 Å². The Labute approximate surface area is 195 Å². The van der Waals surface area contributed by atoms with Gasteiger partial charge in [-0.05, 0) is 73.1 Å². The van der Waals surface area contributed by atoms with Gasteiger partial charge in [0, 0.05) is 18.2 Å². The van der Waals surface area contributed by atoms with Crippen LogP contribution in [0.2, 0.25) is 0 Å². The summed E-state index contributed by atoms with van der Waals surface area (Å²) in [5.41, 5.74) is 3.37. The van der Waals surface area contributed by atoms with Gasteiger partial charge in [-0.15, -0.1) is 13.2 Å². The summed E-state index contributed by atoms with van der Waals surface area (Å²) in [5.74, 6) is -0.531. The highest BCUT2D eigenvalue weighted by atomic mass is 19.4. The lowest BCUT2D eigenvalue weighted by Gasteiger charge is -2.36. The number of rotatable bonds is 7. The molecule has 4 rings (SSSR count). The summed E-state index contributed by atoms with van der Waals surface area (Å²) in [4.78, 5) is 15.8. The molecule has 182 valence electrons. The smallest absolute Gasteiger partial charge is 0.481 e. The number of nitrogens with one attached hydrogen (secondary N) is 1. The molecule has 0 aliphatic heterocycles. The number of carboxylic acid groups (broad SMARTS) is 1. The van der Waals surface area contributed by atoms with Crippen LogP contribution < -0.4 is 10.1 Å². The molecular formula is C25H28F3N3O3. The maximum absolute atomic E-state index is 12.5. The van der Waals surface area contributed by atoms with Crippen LogP contribution in [-0.4, -0.2) is 27.0 Å². The minimum absolute atomic E-state index is 0.0421. The van der Waals surface area contributed by atoms with E-state index in [0.29, 0.717) is 18.1 Å². The molecule has 9 heteroatoms. The average molecular weight is 476 g/mol. The van der Waals surface area contributed by atoms with Crippen LogP contribution in [0.3, 0.4) is 0 Å². The zero-order valence-electron chi connectivity index (χ0n) is 19.2. The fourth-order valence-electron chi connectivity index (χ4n) is 4.76. The normalized spacial score (nSPS) is 18.1. The first kappa shape index (κ1) is 23.9. The Bertz CT molecular complexity index is 1170. The van der Waals surface area contributed by atoms with E-state index in [0.717, 1.165) is 42.3 Å². The van der Waals surface area contributed by atoms with Gasteiger partial charge in [0.2, 0.25) is 5.95 Å². The SMILES string of the molecule is CC1(C)CCC[C@@H](n2c(Nc3ccc(OC(F)(F)F)cc3)nc3cc(CCC(=O)O)ccc32)C1. The molecule has 0 unspecified atom stereocenters. The van der Waals surface area contributed by atoms with Gasteiger partial charge >= 0.3 is 12.3 Å². The molecule has 6 nitrogen and oxygen atoms in total. The van der Waals surface area contributed by atoms with Crippen molar-refractivity contribution in [2.75, 3.05) is 5.32 Å². The van der Waals surface area contributed by atoms with E-state index in [1.54, 1.807) is 0 Å². The van der Waals surface area contributed by atoms with Crippen molar-refractivity contribution in [3.8, 4) is 5.75 Å². The molecule has 0 spiro atoms. The third-order valence-electron chi connectivity index (χ3n) is 6.27. The summed E-state index contributed by atoms with van der Waals surface area (Å²) in [5, 5.41) is 12.3. The number of imidazole rings is 1. The second-order valence-electron chi connectivity index (χ2n) is 9.63. The highest BCUT2D eigenvalue weighted by Crippen LogP contribution is 2.43. The Morgan fingerprint density at radius 3 is 2.62 bits per heavy atom. The minimum atomic E-state index is -4.74. The molecule has 0 bridgehead atoms. The molecule has 2 N–H and O–H groups in total. The predicted molar refractivity (Wildman–Crippen MR) is 123 cm³/mol. The van der Waals surface area contributed by atoms with Gasteiger partial charge in [0.15, 0.2) is 0 Å². The number of alkyl halides is 3. The monoisotopic (exact) mass is 475 g/mol. The minimum Gasteiger partial charge on any atom is -0.481 e. The summed E-state index contributed by atoms with van der Waals surface area (Å²) in [6, 6.07) is 11.6. The van der Waals surface area contributed by atoms with E-state index in [9.17, 15) is 18.0 Å². The van der Waals surface area contributed by atoms with Gasteiger partial charge in [0.1, 0.15) is 5.75 Å². The number of benzene rings is 2. The molecule has 1 saturated carbocycles. The molecule has 0 radical (unpaired) electrons. The Hall–Kier alpha value is -3.23. The van der Waals surface area contributed by atoms with Gasteiger partial charge < -0.3 is 19.7 Å². The van der Waals surface area contributed by atoms with Crippen LogP contribution in [0, 0.1) is 5.41 Å². The lowest BCUT2D eigenvalue weighted by atomic mass is 9.75. The van der Waals surface area contributed by atoms with Crippen molar-refractivity contribution >= 4 is 28.6 Å². The summed E-state index contributed by atoms with van der Waals surface area (Å²) >= 11 is 0. The van der Waals surface area contributed by atoms with Crippen molar-refractivity contribution < 1.29 is 27.8 Å². The standard InChI is InChI=1S/C25H28F3N3O3/c1-24(2)13-3-4-18(15-24)31-21-11-5-16(6-12-22(32)33)14-20(21)30-23(31)29-17-7-9-19(10-8-17)34-25(26,27)28/h5,7-11,14,18H,3-4,6,12-13,15H2,1-2H3,(H,29,30)(H,32,33)/t18-/m1/s1. The maximum atomic E-state index is 12.5. The van der Waals surface area contributed by atoms with Gasteiger partial charge in [-0.25, -0.2) is 4.98 Å². The van der Waals surface area contributed by atoms with E-state index in [4.69, 9.17) is 10.1 Å². The van der Waals surface area contributed by atoms with Crippen LogP contribution in [0.4, 0.5) is 24.8 Å². The topological polar surface area (TPSA) is 76.4 Å². The molecule has 1 aliphatic rings. The summed E-state index contributed by atoms with van der Waals surface area (Å²) < 4.78 is 43.6. The maximum Gasteiger partial charge on any atom is 0.573 e. The molecule has 1 aliphatic carbocycles. The number of carbonyl (C=O) groups is 1.